The zero-order valence-corrected chi connectivity index (χ0v) is 15.3. The zero-order valence-electron chi connectivity index (χ0n) is 14.4. The second kappa shape index (κ2) is 8.37. The number of rotatable bonds is 6. The Bertz CT molecular complexity index is 761. The van der Waals surface area contributed by atoms with Gasteiger partial charge >= 0.3 is 5.97 Å². The van der Waals surface area contributed by atoms with Crippen molar-refractivity contribution < 1.29 is 23.1 Å². The van der Waals surface area contributed by atoms with E-state index in [-0.39, 0.29) is 11.5 Å². The summed E-state index contributed by atoms with van der Waals surface area (Å²) in [5, 5.41) is 9.38. The summed E-state index contributed by atoms with van der Waals surface area (Å²) in [4.78, 5) is 11.6. The van der Waals surface area contributed by atoms with E-state index in [1.165, 1.54) is 23.5 Å². The van der Waals surface area contributed by atoms with Crippen molar-refractivity contribution in [2.75, 3.05) is 13.7 Å². The maximum absolute atomic E-state index is 12.8. The second-order valence-electron chi connectivity index (χ2n) is 6.00. The van der Waals surface area contributed by atoms with E-state index in [2.05, 4.69) is 11.8 Å². The van der Waals surface area contributed by atoms with Crippen molar-refractivity contribution >= 4 is 16.0 Å². The van der Waals surface area contributed by atoms with Crippen molar-refractivity contribution in [3.05, 3.63) is 24.3 Å². The molecule has 1 aliphatic rings. The molecule has 0 aliphatic heterocycles. The first-order valence-corrected chi connectivity index (χ1v) is 9.65. The number of benzene rings is 1. The molecule has 0 heterocycles. The molecule has 0 aromatic heterocycles. The summed E-state index contributed by atoms with van der Waals surface area (Å²) in [6.45, 7) is 1.95. The van der Waals surface area contributed by atoms with Gasteiger partial charge in [-0.05, 0) is 44.0 Å². The predicted molar refractivity (Wildman–Crippen MR) is 93.7 cm³/mol. The van der Waals surface area contributed by atoms with Gasteiger partial charge in [-0.1, -0.05) is 18.8 Å². The van der Waals surface area contributed by atoms with Crippen molar-refractivity contribution in [2.24, 2.45) is 5.92 Å². The molecule has 1 aromatic carbocycles. The lowest BCUT2D eigenvalue weighted by Crippen LogP contribution is -2.46. The lowest BCUT2D eigenvalue weighted by atomic mass is 9.85. The molecule has 1 N–H and O–H groups in total. The van der Waals surface area contributed by atoms with E-state index in [1.54, 1.807) is 19.1 Å². The van der Waals surface area contributed by atoms with Crippen LogP contribution in [0.25, 0.3) is 0 Å². The van der Waals surface area contributed by atoms with Gasteiger partial charge in [0.05, 0.1) is 10.8 Å². The highest BCUT2D eigenvalue weighted by Gasteiger charge is 2.38. The summed E-state index contributed by atoms with van der Waals surface area (Å²) in [5.41, 5.74) is 0. The molecule has 1 saturated carbocycles. The predicted octanol–water partition coefficient (Wildman–Crippen LogP) is 2.35. The lowest BCUT2D eigenvalue weighted by molar-refractivity contribution is -0.144. The monoisotopic (exact) mass is 365 g/mol. The Morgan fingerprint density at radius 3 is 2.52 bits per heavy atom. The van der Waals surface area contributed by atoms with Gasteiger partial charge in [0.2, 0.25) is 10.0 Å². The Kier molecular flexibility index (Phi) is 6.45. The molecule has 0 spiro atoms. The van der Waals surface area contributed by atoms with Crippen molar-refractivity contribution in [2.45, 2.75) is 43.5 Å². The van der Waals surface area contributed by atoms with Crippen LogP contribution in [0.2, 0.25) is 0 Å². The van der Waals surface area contributed by atoms with Gasteiger partial charge in [0.15, 0.2) is 0 Å². The molecule has 1 aliphatic carbocycles. The number of ether oxygens (including phenoxy) is 1. The summed E-state index contributed by atoms with van der Waals surface area (Å²) in [6.07, 6.45) is 2.71. The highest BCUT2D eigenvalue weighted by molar-refractivity contribution is 7.89. The van der Waals surface area contributed by atoms with Crippen LogP contribution in [-0.4, -0.2) is 43.5 Å². The minimum Gasteiger partial charge on any atom is -0.481 e. The van der Waals surface area contributed by atoms with Crippen LogP contribution >= 0.6 is 0 Å². The molecule has 0 radical (unpaired) electrons. The first-order chi connectivity index (χ1) is 11.9. The topological polar surface area (TPSA) is 83.9 Å². The van der Waals surface area contributed by atoms with Gasteiger partial charge in [-0.3, -0.25) is 4.79 Å². The summed E-state index contributed by atoms with van der Waals surface area (Å²) >= 11 is 0. The van der Waals surface area contributed by atoms with Gasteiger partial charge in [0, 0.05) is 13.1 Å². The number of aliphatic carboxylic acids is 1. The van der Waals surface area contributed by atoms with Gasteiger partial charge in [0.25, 0.3) is 0 Å². The van der Waals surface area contributed by atoms with E-state index >= 15 is 0 Å². The molecule has 0 unspecified atom stereocenters. The highest BCUT2D eigenvalue weighted by Crippen LogP contribution is 2.31. The number of carboxylic acid groups (broad SMARTS) is 1. The Hall–Kier alpha value is -2.04. The average Bonchev–Trinajstić information content (AvgIpc) is 2.61. The van der Waals surface area contributed by atoms with E-state index in [0.717, 1.165) is 12.8 Å². The van der Waals surface area contributed by atoms with Gasteiger partial charge in [-0.15, -0.1) is 5.92 Å². The van der Waals surface area contributed by atoms with Crippen LogP contribution in [0, 0.1) is 17.8 Å². The second-order valence-corrected chi connectivity index (χ2v) is 8.00. The third kappa shape index (κ3) is 4.53. The summed E-state index contributed by atoms with van der Waals surface area (Å²) in [5.74, 6) is 4.41. The Balaban J connectivity index is 2.18. The Morgan fingerprint density at radius 2 is 1.92 bits per heavy atom. The van der Waals surface area contributed by atoms with Crippen LogP contribution in [0.1, 0.15) is 32.6 Å². The maximum atomic E-state index is 12.8. The van der Waals surface area contributed by atoms with Crippen LogP contribution in [0.15, 0.2) is 29.2 Å². The number of nitrogens with zero attached hydrogens (tertiary/aromatic N) is 1. The molecule has 2 rings (SSSR count). The normalized spacial score (nSPS) is 20.6. The quantitative estimate of drug-likeness (QED) is 0.783. The van der Waals surface area contributed by atoms with Crippen molar-refractivity contribution in [1.82, 2.24) is 4.31 Å². The fourth-order valence-electron chi connectivity index (χ4n) is 3.08. The molecule has 6 nitrogen and oxygen atoms in total. The van der Waals surface area contributed by atoms with Crippen LogP contribution in [0.3, 0.4) is 0 Å². The van der Waals surface area contributed by atoms with Crippen LogP contribution in [-0.2, 0) is 14.8 Å². The fraction of sp³-hybridized carbons (Fsp3) is 0.500. The lowest BCUT2D eigenvalue weighted by Gasteiger charge is -2.35. The number of hydrogen-bond donors (Lipinski definition) is 1. The summed E-state index contributed by atoms with van der Waals surface area (Å²) in [6, 6.07) is 5.58. The first kappa shape index (κ1) is 19.3. The van der Waals surface area contributed by atoms with Gasteiger partial charge in [-0.25, -0.2) is 8.42 Å². The van der Waals surface area contributed by atoms with Crippen LogP contribution in [0.5, 0.6) is 5.75 Å². The molecule has 0 bridgehead atoms. The SMILES string of the molecule is CC#CCOc1ccc(S(=O)(=O)N(C)[C@@H]2CCCC[C@H]2C(=O)O)cc1. The summed E-state index contributed by atoms with van der Waals surface area (Å²) in [7, 11) is -2.30. The Labute approximate surface area is 148 Å². The van der Waals surface area contributed by atoms with E-state index < -0.39 is 28.0 Å². The van der Waals surface area contributed by atoms with Crippen LogP contribution < -0.4 is 4.74 Å². The molecule has 0 saturated heterocycles. The van der Waals surface area contributed by atoms with Crippen molar-refractivity contribution in [1.29, 1.82) is 0 Å². The molecule has 7 heteroatoms. The number of carbonyl (C=O) groups is 1. The zero-order chi connectivity index (χ0) is 18.4. The largest absolute Gasteiger partial charge is 0.481 e. The third-order valence-electron chi connectivity index (χ3n) is 4.50. The number of hydrogen-bond acceptors (Lipinski definition) is 4. The third-order valence-corrected chi connectivity index (χ3v) is 6.40. The molecular weight excluding hydrogens is 342 g/mol. The molecule has 0 amide bonds. The van der Waals surface area contributed by atoms with Crippen LogP contribution in [0.4, 0.5) is 0 Å². The minimum absolute atomic E-state index is 0.124. The molecule has 1 fully saturated rings. The molecule has 2 atom stereocenters. The smallest absolute Gasteiger partial charge is 0.308 e. The van der Waals surface area contributed by atoms with Crippen molar-refractivity contribution in [3.63, 3.8) is 0 Å². The van der Waals surface area contributed by atoms with E-state index in [4.69, 9.17) is 4.74 Å². The molecule has 1 aromatic rings. The number of sulfonamides is 1. The van der Waals surface area contributed by atoms with E-state index in [1.807, 2.05) is 0 Å². The minimum atomic E-state index is -3.76. The highest BCUT2D eigenvalue weighted by atomic mass is 32.2. The van der Waals surface area contributed by atoms with Gasteiger partial charge in [0.1, 0.15) is 12.4 Å². The van der Waals surface area contributed by atoms with E-state index in [9.17, 15) is 18.3 Å². The molecule has 136 valence electrons. The standard InChI is InChI=1S/C18H23NO5S/c1-3-4-13-24-14-9-11-15(12-10-14)25(22,23)19(2)17-8-6-5-7-16(17)18(20)21/h9-12,16-17H,5-8,13H2,1-2H3,(H,20,21)/t16-,17-/m1/s1. The van der Waals surface area contributed by atoms with Gasteiger partial charge in [-0.2, -0.15) is 4.31 Å². The van der Waals surface area contributed by atoms with Gasteiger partial charge < -0.3 is 9.84 Å². The maximum Gasteiger partial charge on any atom is 0.308 e. The fourth-order valence-corrected chi connectivity index (χ4v) is 4.50. The molecule has 25 heavy (non-hydrogen) atoms. The average molecular weight is 365 g/mol. The number of carboxylic acids is 1. The Morgan fingerprint density at radius 1 is 1.28 bits per heavy atom. The summed E-state index contributed by atoms with van der Waals surface area (Å²) < 4.78 is 32.3. The first-order valence-electron chi connectivity index (χ1n) is 8.21. The van der Waals surface area contributed by atoms with E-state index in [0.29, 0.717) is 18.6 Å². The van der Waals surface area contributed by atoms with Crippen molar-refractivity contribution in [3.8, 4) is 17.6 Å². The molecular formula is C18H23NO5S.